The van der Waals surface area contributed by atoms with Crippen LogP contribution in [-0.4, -0.2) is 11.9 Å². The Morgan fingerprint density at radius 1 is 1.38 bits per heavy atom. The summed E-state index contributed by atoms with van der Waals surface area (Å²) in [6.07, 6.45) is 2.10. The van der Waals surface area contributed by atoms with E-state index in [1.165, 1.54) is 0 Å². The predicted octanol–water partition coefficient (Wildman–Crippen LogP) is 1.54. The van der Waals surface area contributed by atoms with Gasteiger partial charge in [-0.2, -0.15) is 0 Å². The van der Waals surface area contributed by atoms with Gasteiger partial charge in [0.25, 0.3) is 0 Å². The van der Waals surface area contributed by atoms with E-state index >= 15 is 0 Å². The Hall–Kier alpha value is -2.10. The second kappa shape index (κ2) is 5.70. The Bertz CT molecular complexity index is 387. The number of amides is 3. The van der Waals surface area contributed by atoms with E-state index in [0.29, 0.717) is 6.42 Å². The van der Waals surface area contributed by atoms with Crippen LogP contribution in [0.4, 0.5) is 4.79 Å². The van der Waals surface area contributed by atoms with Crippen LogP contribution in [0, 0.1) is 0 Å². The number of hydrogen-bond acceptors (Lipinski definition) is 2. The first kappa shape index (κ1) is 12.0. The van der Waals surface area contributed by atoms with Crippen molar-refractivity contribution in [3.63, 3.8) is 0 Å². The van der Waals surface area contributed by atoms with Crippen molar-refractivity contribution in [3.05, 3.63) is 48.6 Å². The Kier molecular flexibility index (Phi) is 4.27. The normalized spacial score (nSPS) is 11.5. The quantitative estimate of drug-likeness (QED) is 0.752. The third-order valence-electron chi connectivity index (χ3n) is 2.17. The molecule has 0 aliphatic carbocycles. The molecule has 16 heavy (non-hydrogen) atoms. The second-order valence-corrected chi connectivity index (χ2v) is 3.34. The number of allylic oxidation sites excluding steroid dienone is 1. The number of rotatable bonds is 4. The number of nitrogens with two attached hydrogens (primary N) is 1. The SMILES string of the molecule is C=CCC(C(=O)NC(N)=O)c1ccccc1. The molecule has 0 bridgehead atoms. The second-order valence-electron chi connectivity index (χ2n) is 3.34. The Balaban J connectivity index is 2.86. The smallest absolute Gasteiger partial charge is 0.318 e. The lowest BCUT2D eigenvalue weighted by molar-refractivity contribution is -0.121. The largest absolute Gasteiger partial charge is 0.351 e. The highest BCUT2D eigenvalue weighted by molar-refractivity contribution is 5.97. The minimum atomic E-state index is -0.838. The van der Waals surface area contributed by atoms with Crippen LogP contribution in [0.15, 0.2) is 43.0 Å². The van der Waals surface area contributed by atoms with Gasteiger partial charge in [0.1, 0.15) is 0 Å². The minimum Gasteiger partial charge on any atom is -0.351 e. The first-order valence-corrected chi connectivity index (χ1v) is 4.91. The van der Waals surface area contributed by atoms with Crippen LogP contribution < -0.4 is 11.1 Å². The number of primary amides is 1. The minimum absolute atomic E-state index is 0.404. The van der Waals surface area contributed by atoms with Gasteiger partial charge < -0.3 is 5.73 Å². The molecule has 3 amide bonds. The topological polar surface area (TPSA) is 72.2 Å². The monoisotopic (exact) mass is 218 g/mol. The van der Waals surface area contributed by atoms with E-state index < -0.39 is 17.9 Å². The van der Waals surface area contributed by atoms with E-state index in [0.717, 1.165) is 5.56 Å². The molecule has 0 aliphatic heterocycles. The molecule has 0 radical (unpaired) electrons. The van der Waals surface area contributed by atoms with E-state index in [4.69, 9.17) is 5.73 Å². The van der Waals surface area contributed by atoms with E-state index in [2.05, 4.69) is 11.9 Å². The summed E-state index contributed by atoms with van der Waals surface area (Å²) in [5.41, 5.74) is 5.74. The maximum atomic E-state index is 11.7. The molecule has 0 heterocycles. The first-order chi connectivity index (χ1) is 7.65. The van der Waals surface area contributed by atoms with Crippen LogP contribution in [0.1, 0.15) is 17.9 Å². The molecule has 4 nitrogen and oxygen atoms in total. The van der Waals surface area contributed by atoms with Crippen molar-refractivity contribution in [2.24, 2.45) is 5.73 Å². The summed E-state index contributed by atoms with van der Waals surface area (Å²) in [4.78, 5) is 22.3. The summed E-state index contributed by atoms with van der Waals surface area (Å²) in [7, 11) is 0. The zero-order chi connectivity index (χ0) is 12.0. The molecule has 0 spiro atoms. The van der Waals surface area contributed by atoms with Gasteiger partial charge in [-0.05, 0) is 12.0 Å². The molecule has 0 aromatic heterocycles. The van der Waals surface area contributed by atoms with Gasteiger partial charge in [-0.3, -0.25) is 10.1 Å². The van der Waals surface area contributed by atoms with Crippen LogP contribution >= 0.6 is 0 Å². The van der Waals surface area contributed by atoms with Crippen molar-refractivity contribution in [2.45, 2.75) is 12.3 Å². The average molecular weight is 218 g/mol. The van der Waals surface area contributed by atoms with E-state index in [-0.39, 0.29) is 0 Å². The van der Waals surface area contributed by atoms with E-state index in [9.17, 15) is 9.59 Å². The Labute approximate surface area is 94.1 Å². The maximum Gasteiger partial charge on any atom is 0.318 e. The van der Waals surface area contributed by atoms with Crippen molar-refractivity contribution in [2.75, 3.05) is 0 Å². The molecule has 84 valence electrons. The van der Waals surface area contributed by atoms with Crippen molar-refractivity contribution in [1.82, 2.24) is 5.32 Å². The first-order valence-electron chi connectivity index (χ1n) is 4.91. The molecular weight excluding hydrogens is 204 g/mol. The zero-order valence-corrected chi connectivity index (χ0v) is 8.85. The highest BCUT2D eigenvalue weighted by atomic mass is 16.2. The van der Waals surface area contributed by atoms with Crippen molar-refractivity contribution < 1.29 is 9.59 Å². The van der Waals surface area contributed by atoms with Gasteiger partial charge in [0.15, 0.2) is 0 Å². The molecule has 0 saturated heterocycles. The fraction of sp³-hybridized carbons (Fsp3) is 0.167. The van der Waals surface area contributed by atoms with Crippen molar-refractivity contribution in [3.8, 4) is 0 Å². The van der Waals surface area contributed by atoms with Gasteiger partial charge in [-0.15, -0.1) is 6.58 Å². The fourth-order valence-electron chi connectivity index (χ4n) is 1.46. The van der Waals surface area contributed by atoms with Crippen LogP contribution in [0.3, 0.4) is 0 Å². The molecule has 3 N–H and O–H groups in total. The van der Waals surface area contributed by atoms with Gasteiger partial charge in [0.05, 0.1) is 5.92 Å². The number of hydrogen-bond donors (Lipinski definition) is 2. The molecule has 1 aromatic carbocycles. The molecule has 1 unspecified atom stereocenters. The number of urea groups is 1. The van der Waals surface area contributed by atoms with Gasteiger partial charge in [0, 0.05) is 0 Å². The molecule has 1 atom stereocenters. The van der Waals surface area contributed by atoms with Gasteiger partial charge in [0.2, 0.25) is 5.91 Å². The predicted molar refractivity (Wildman–Crippen MR) is 61.7 cm³/mol. The molecule has 4 heteroatoms. The molecule has 0 fully saturated rings. The summed E-state index contributed by atoms with van der Waals surface area (Å²) in [6, 6.07) is 8.35. The highest BCUT2D eigenvalue weighted by Crippen LogP contribution is 2.19. The van der Waals surface area contributed by atoms with E-state index in [1.54, 1.807) is 6.08 Å². The third-order valence-corrected chi connectivity index (χ3v) is 2.17. The lowest BCUT2D eigenvalue weighted by Crippen LogP contribution is -2.38. The lowest BCUT2D eigenvalue weighted by Gasteiger charge is -2.13. The summed E-state index contributed by atoms with van der Waals surface area (Å²) < 4.78 is 0. The number of carbonyl (C=O) groups is 2. The molecule has 0 aliphatic rings. The fourth-order valence-corrected chi connectivity index (χ4v) is 1.46. The Morgan fingerprint density at radius 3 is 2.50 bits per heavy atom. The van der Waals surface area contributed by atoms with Gasteiger partial charge >= 0.3 is 6.03 Å². The summed E-state index contributed by atoms with van der Waals surface area (Å²) in [5.74, 6) is -0.829. The van der Waals surface area contributed by atoms with Crippen LogP contribution in [-0.2, 0) is 4.79 Å². The number of benzene rings is 1. The standard InChI is InChI=1S/C12H14N2O2/c1-2-6-10(11(15)14-12(13)16)9-7-4-3-5-8-9/h2-5,7-8,10H,1,6H2,(H3,13,14,15,16). The number of carbonyl (C=O) groups excluding carboxylic acids is 2. The Morgan fingerprint density at radius 2 is 2.00 bits per heavy atom. The molecule has 1 aromatic rings. The maximum absolute atomic E-state index is 11.7. The van der Waals surface area contributed by atoms with Crippen LogP contribution in [0.5, 0.6) is 0 Å². The number of nitrogens with one attached hydrogen (secondary N) is 1. The van der Waals surface area contributed by atoms with E-state index in [1.807, 2.05) is 30.3 Å². The number of imide groups is 1. The lowest BCUT2D eigenvalue weighted by atomic mass is 9.95. The van der Waals surface area contributed by atoms with Crippen LogP contribution in [0.25, 0.3) is 0 Å². The van der Waals surface area contributed by atoms with Gasteiger partial charge in [-0.25, -0.2) is 4.79 Å². The average Bonchev–Trinajstić information content (AvgIpc) is 2.26. The third kappa shape index (κ3) is 3.24. The summed E-state index contributed by atoms with van der Waals surface area (Å²) in [6.45, 7) is 3.59. The van der Waals surface area contributed by atoms with Crippen molar-refractivity contribution in [1.29, 1.82) is 0 Å². The highest BCUT2D eigenvalue weighted by Gasteiger charge is 2.19. The zero-order valence-electron chi connectivity index (χ0n) is 8.85. The molecular formula is C12H14N2O2. The van der Waals surface area contributed by atoms with Crippen molar-refractivity contribution >= 4 is 11.9 Å². The van der Waals surface area contributed by atoms with Gasteiger partial charge in [-0.1, -0.05) is 36.4 Å². The molecule has 1 rings (SSSR count). The summed E-state index contributed by atoms with van der Waals surface area (Å²) >= 11 is 0. The summed E-state index contributed by atoms with van der Waals surface area (Å²) in [5, 5.41) is 2.08. The van der Waals surface area contributed by atoms with Crippen LogP contribution in [0.2, 0.25) is 0 Å². The molecule has 0 saturated carbocycles.